The van der Waals surface area contributed by atoms with E-state index in [0.29, 0.717) is 10.9 Å². The maximum absolute atomic E-state index is 12.4. The summed E-state index contributed by atoms with van der Waals surface area (Å²) >= 11 is 0. The van der Waals surface area contributed by atoms with E-state index in [9.17, 15) is 9.59 Å². The number of aromatic amines is 1. The molecule has 3 aromatic carbocycles. The van der Waals surface area contributed by atoms with Gasteiger partial charge >= 0.3 is 0 Å². The van der Waals surface area contributed by atoms with Gasteiger partial charge in [-0.2, -0.15) is 4.68 Å². The highest BCUT2D eigenvalue weighted by molar-refractivity contribution is 6.11. The van der Waals surface area contributed by atoms with Gasteiger partial charge in [-0.3, -0.25) is 14.7 Å². The van der Waals surface area contributed by atoms with Gasteiger partial charge in [0.15, 0.2) is 0 Å². The van der Waals surface area contributed by atoms with Gasteiger partial charge in [0.1, 0.15) is 0 Å². The monoisotopic (exact) mass is 276 g/mol. The van der Waals surface area contributed by atoms with Gasteiger partial charge in [-0.1, -0.05) is 30.3 Å². The molecule has 0 saturated heterocycles. The summed E-state index contributed by atoms with van der Waals surface area (Å²) in [4.78, 5) is 23.9. The van der Waals surface area contributed by atoms with Crippen LogP contribution in [0.15, 0.2) is 53.3 Å². The maximum atomic E-state index is 12.4. The van der Waals surface area contributed by atoms with E-state index < -0.39 is 0 Å². The normalized spacial score (nSPS) is 11.5. The number of hydrogen-bond donors (Lipinski definition) is 1. The summed E-state index contributed by atoms with van der Waals surface area (Å²) in [6.45, 7) is 1.37. The van der Waals surface area contributed by atoms with Gasteiger partial charge in [-0.05, 0) is 39.7 Å². The quantitative estimate of drug-likeness (QED) is 0.501. The molecule has 0 unspecified atom stereocenters. The number of H-pyrrole nitrogens is 1. The van der Waals surface area contributed by atoms with Crippen molar-refractivity contribution in [2.75, 3.05) is 0 Å². The molecule has 0 saturated carbocycles. The van der Waals surface area contributed by atoms with Crippen molar-refractivity contribution in [1.29, 1.82) is 0 Å². The lowest BCUT2D eigenvalue weighted by atomic mass is 10.0. The zero-order valence-corrected chi connectivity index (χ0v) is 11.4. The van der Waals surface area contributed by atoms with Crippen LogP contribution in [0.2, 0.25) is 0 Å². The Hall–Kier alpha value is -2.88. The van der Waals surface area contributed by atoms with Gasteiger partial charge in [-0.25, -0.2) is 0 Å². The van der Waals surface area contributed by atoms with Crippen LogP contribution in [0.5, 0.6) is 0 Å². The topological polar surface area (TPSA) is 54.9 Å². The molecule has 1 aromatic heterocycles. The van der Waals surface area contributed by atoms with Crippen LogP contribution in [0.3, 0.4) is 0 Å². The third-order valence-electron chi connectivity index (χ3n) is 3.85. The standard InChI is InChI=1S/C17H12N2O2/c1-10(20)19-17(21)16-14-9-12-5-3-2-4-11(12)8-13(14)6-7-15(16)18-19/h2-9,18H,1H3. The van der Waals surface area contributed by atoms with Crippen LogP contribution in [0, 0.1) is 0 Å². The number of hydrogen-bond acceptors (Lipinski definition) is 2. The van der Waals surface area contributed by atoms with Crippen molar-refractivity contribution in [1.82, 2.24) is 9.78 Å². The van der Waals surface area contributed by atoms with Gasteiger partial charge in [0, 0.05) is 6.92 Å². The minimum atomic E-state index is -0.315. The molecule has 4 aromatic rings. The summed E-state index contributed by atoms with van der Waals surface area (Å²) in [5, 5.41) is 7.49. The van der Waals surface area contributed by atoms with E-state index in [-0.39, 0.29) is 11.5 Å². The van der Waals surface area contributed by atoms with Crippen LogP contribution in [0.1, 0.15) is 11.7 Å². The molecule has 1 heterocycles. The molecule has 0 radical (unpaired) electrons. The predicted octanol–water partition coefficient (Wildman–Crippen LogP) is 3.30. The molecule has 0 atom stereocenters. The Morgan fingerprint density at radius 3 is 2.43 bits per heavy atom. The van der Waals surface area contributed by atoms with Gasteiger partial charge in [0.05, 0.1) is 10.9 Å². The minimum Gasteiger partial charge on any atom is -0.288 e. The molecular formula is C17H12N2O2. The van der Waals surface area contributed by atoms with Crippen molar-refractivity contribution in [3.8, 4) is 0 Å². The van der Waals surface area contributed by atoms with Crippen LogP contribution >= 0.6 is 0 Å². The van der Waals surface area contributed by atoms with Crippen molar-refractivity contribution in [3.05, 3.63) is 58.9 Å². The smallest absolute Gasteiger partial charge is 0.282 e. The summed E-state index contributed by atoms with van der Waals surface area (Å²) in [6, 6.07) is 15.9. The summed E-state index contributed by atoms with van der Waals surface area (Å²) in [6.07, 6.45) is 0. The Kier molecular flexibility index (Phi) is 2.30. The number of benzene rings is 3. The van der Waals surface area contributed by atoms with Crippen molar-refractivity contribution < 1.29 is 4.79 Å². The van der Waals surface area contributed by atoms with E-state index in [1.165, 1.54) is 6.92 Å². The molecule has 0 aliphatic heterocycles. The maximum Gasteiger partial charge on any atom is 0.282 e. The molecule has 102 valence electrons. The number of aromatic nitrogens is 2. The molecule has 4 heteroatoms. The van der Waals surface area contributed by atoms with E-state index in [1.54, 1.807) is 0 Å². The second kappa shape index (κ2) is 4.06. The average Bonchev–Trinajstić information content (AvgIpc) is 2.83. The number of rotatable bonds is 0. The molecule has 0 spiro atoms. The zero-order chi connectivity index (χ0) is 14.6. The van der Waals surface area contributed by atoms with Gasteiger partial charge in [0.2, 0.25) is 5.91 Å². The highest BCUT2D eigenvalue weighted by atomic mass is 16.2. The van der Waals surface area contributed by atoms with Crippen LogP contribution in [-0.4, -0.2) is 15.7 Å². The Morgan fingerprint density at radius 1 is 1.00 bits per heavy atom. The fourth-order valence-corrected chi connectivity index (χ4v) is 2.84. The summed E-state index contributed by atoms with van der Waals surface area (Å²) < 4.78 is 1.05. The van der Waals surface area contributed by atoms with Crippen LogP contribution in [0.4, 0.5) is 0 Å². The van der Waals surface area contributed by atoms with E-state index >= 15 is 0 Å². The van der Waals surface area contributed by atoms with Crippen molar-refractivity contribution in [2.45, 2.75) is 6.92 Å². The average molecular weight is 276 g/mol. The second-order valence-corrected chi connectivity index (χ2v) is 5.18. The first-order chi connectivity index (χ1) is 10.1. The molecule has 4 nitrogen and oxygen atoms in total. The highest BCUT2D eigenvalue weighted by Crippen LogP contribution is 2.27. The molecule has 0 aliphatic rings. The number of nitrogens with zero attached hydrogens (tertiary/aromatic N) is 1. The fraction of sp³-hybridized carbons (Fsp3) is 0.0588. The Bertz CT molecular complexity index is 1090. The Labute approximate surface area is 119 Å². The van der Waals surface area contributed by atoms with Crippen molar-refractivity contribution in [3.63, 3.8) is 0 Å². The van der Waals surface area contributed by atoms with Gasteiger partial charge < -0.3 is 0 Å². The van der Waals surface area contributed by atoms with Crippen molar-refractivity contribution >= 4 is 38.4 Å². The molecule has 0 aliphatic carbocycles. The largest absolute Gasteiger partial charge is 0.288 e. The first-order valence-corrected chi connectivity index (χ1v) is 6.72. The summed E-state index contributed by atoms with van der Waals surface area (Å²) in [7, 11) is 0. The predicted molar refractivity (Wildman–Crippen MR) is 83.9 cm³/mol. The summed E-state index contributed by atoms with van der Waals surface area (Å²) in [5.74, 6) is -0.315. The first kappa shape index (κ1) is 11.9. The lowest BCUT2D eigenvalue weighted by Gasteiger charge is -2.02. The Morgan fingerprint density at radius 2 is 1.71 bits per heavy atom. The van der Waals surface area contributed by atoms with Gasteiger partial charge in [0.25, 0.3) is 5.56 Å². The summed E-state index contributed by atoms with van der Waals surface area (Å²) in [5.41, 5.74) is 0.386. The molecular weight excluding hydrogens is 264 g/mol. The van der Waals surface area contributed by atoms with E-state index in [4.69, 9.17) is 0 Å². The highest BCUT2D eigenvalue weighted by Gasteiger charge is 2.13. The van der Waals surface area contributed by atoms with Crippen LogP contribution in [0.25, 0.3) is 32.4 Å². The lowest BCUT2D eigenvalue weighted by Crippen LogP contribution is -2.21. The Balaban J connectivity index is 2.24. The number of nitrogens with one attached hydrogen (secondary N) is 1. The second-order valence-electron chi connectivity index (χ2n) is 5.18. The molecule has 4 rings (SSSR count). The van der Waals surface area contributed by atoms with Gasteiger partial charge in [-0.15, -0.1) is 0 Å². The first-order valence-electron chi connectivity index (χ1n) is 6.72. The lowest BCUT2D eigenvalue weighted by molar-refractivity contribution is 0.0918. The molecule has 1 N–H and O–H groups in total. The zero-order valence-electron chi connectivity index (χ0n) is 11.4. The van der Waals surface area contributed by atoms with E-state index in [2.05, 4.69) is 11.2 Å². The van der Waals surface area contributed by atoms with E-state index in [0.717, 1.165) is 26.2 Å². The third kappa shape index (κ3) is 1.62. The fourth-order valence-electron chi connectivity index (χ4n) is 2.84. The minimum absolute atomic E-state index is 0.293. The third-order valence-corrected chi connectivity index (χ3v) is 3.85. The number of carbonyl (C=O) groups excluding carboxylic acids is 1. The SMILES string of the molecule is CC(=O)n1[nH]c2ccc3cc4ccccc4cc3c2c1=O. The van der Waals surface area contributed by atoms with Crippen molar-refractivity contribution in [2.24, 2.45) is 0 Å². The number of fused-ring (bicyclic) bond motifs is 4. The molecule has 0 bridgehead atoms. The van der Waals surface area contributed by atoms with Crippen LogP contribution < -0.4 is 5.56 Å². The van der Waals surface area contributed by atoms with Crippen LogP contribution in [-0.2, 0) is 0 Å². The molecule has 21 heavy (non-hydrogen) atoms. The molecule has 0 amide bonds. The number of carbonyl (C=O) groups is 1. The van der Waals surface area contributed by atoms with E-state index in [1.807, 2.05) is 42.5 Å². The molecule has 0 fully saturated rings.